The van der Waals surface area contributed by atoms with Crippen molar-refractivity contribution in [3.8, 4) is 5.75 Å². The molecule has 1 aromatic rings. The zero-order valence-corrected chi connectivity index (χ0v) is 12.3. The Kier molecular flexibility index (Phi) is 4.44. The molecule has 2 fully saturated rings. The van der Waals surface area contributed by atoms with E-state index in [4.69, 9.17) is 9.47 Å². The molecule has 1 N–H and O–H groups in total. The van der Waals surface area contributed by atoms with Crippen molar-refractivity contribution in [1.29, 1.82) is 0 Å². The lowest BCUT2D eigenvalue weighted by Crippen LogP contribution is -2.36. The molecule has 1 unspecified atom stereocenters. The average molecular weight is 289 g/mol. The number of carbonyl (C=O) groups excluding carboxylic acids is 1. The van der Waals surface area contributed by atoms with E-state index in [-0.39, 0.29) is 17.6 Å². The summed E-state index contributed by atoms with van der Waals surface area (Å²) in [6, 6.07) is 9.75. The van der Waals surface area contributed by atoms with Crippen molar-refractivity contribution < 1.29 is 14.3 Å². The topological polar surface area (TPSA) is 47.6 Å². The van der Waals surface area contributed by atoms with Gasteiger partial charge in [0, 0.05) is 0 Å². The standard InChI is InChI=1S/C17H23NO3/c19-16(8-11-20-15-6-2-1-3-7-15)18-14-12-17(21-13-14)9-4-5-10-17/h1-3,6-7,14H,4-5,8-13H2,(H,18,19). The second-order valence-electron chi connectivity index (χ2n) is 6.08. The molecule has 1 aromatic carbocycles. The molecule has 0 bridgehead atoms. The smallest absolute Gasteiger partial charge is 0.223 e. The monoisotopic (exact) mass is 289 g/mol. The maximum absolute atomic E-state index is 11.9. The molecule has 4 nitrogen and oxygen atoms in total. The first-order chi connectivity index (χ1) is 10.3. The summed E-state index contributed by atoms with van der Waals surface area (Å²) in [6.07, 6.45) is 6.17. The molecule has 1 aliphatic heterocycles. The van der Waals surface area contributed by atoms with Crippen LogP contribution in [0, 0.1) is 0 Å². The van der Waals surface area contributed by atoms with E-state index in [1.165, 1.54) is 12.8 Å². The van der Waals surface area contributed by atoms with Crippen LogP contribution < -0.4 is 10.1 Å². The third-order valence-electron chi connectivity index (χ3n) is 4.43. The number of amides is 1. The summed E-state index contributed by atoms with van der Waals surface area (Å²) in [6.45, 7) is 1.07. The summed E-state index contributed by atoms with van der Waals surface area (Å²) in [5.41, 5.74) is 0.0679. The molecule has 0 aromatic heterocycles. The number of hydrogen-bond acceptors (Lipinski definition) is 3. The molecule has 4 heteroatoms. The van der Waals surface area contributed by atoms with Crippen LogP contribution in [0.5, 0.6) is 5.75 Å². The Bertz CT molecular complexity index is 468. The first-order valence-corrected chi connectivity index (χ1v) is 7.87. The number of ether oxygens (including phenoxy) is 2. The van der Waals surface area contributed by atoms with Crippen LogP contribution in [0.3, 0.4) is 0 Å². The maximum Gasteiger partial charge on any atom is 0.223 e. The van der Waals surface area contributed by atoms with Crippen LogP contribution in [0.25, 0.3) is 0 Å². The Hall–Kier alpha value is -1.55. The van der Waals surface area contributed by atoms with Crippen LogP contribution in [0.1, 0.15) is 38.5 Å². The second kappa shape index (κ2) is 6.48. The van der Waals surface area contributed by atoms with Gasteiger partial charge >= 0.3 is 0 Å². The van der Waals surface area contributed by atoms with Gasteiger partial charge < -0.3 is 14.8 Å². The molecule has 1 saturated heterocycles. The van der Waals surface area contributed by atoms with Crippen LogP contribution in [-0.4, -0.2) is 30.8 Å². The number of hydrogen-bond donors (Lipinski definition) is 1. The molecule has 1 amide bonds. The van der Waals surface area contributed by atoms with Crippen molar-refractivity contribution in [2.45, 2.75) is 50.2 Å². The summed E-state index contributed by atoms with van der Waals surface area (Å²) in [5.74, 6) is 0.856. The highest BCUT2D eigenvalue weighted by atomic mass is 16.5. The van der Waals surface area contributed by atoms with Crippen molar-refractivity contribution in [2.24, 2.45) is 0 Å². The van der Waals surface area contributed by atoms with Crippen molar-refractivity contribution in [3.05, 3.63) is 30.3 Å². The SMILES string of the molecule is O=C(CCOc1ccccc1)NC1COC2(CCCC2)C1. The minimum Gasteiger partial charge on any atom is -0.493 e. The van der Waals surface area contributed by atoms with Gasteiger partial charge in [0.25, 0.3) is 0 Å². The fraction of sp³-hybridized carbons (Fsp3) is 0.588. The molecular formula is C17H23NO3. The van der Waals surface area contributed by atoms with E-state index in [0.717, 1.165) is 25.0 Å². The minimum absolute atomic E-state index is 0.0505. The van der Waals surface area contributed by atoms with Crippen LogP contribution in [-0.2, 0) is 9.53 Å². The minimum atomic E-state index is 0.0505. The van der Waals surface area contributed by atoms with Gasteiger partial charge in [-0.1, -0.05) is 31.0 Å². The third kappa shape index (κ3) is 3.76. The van der Waals surface area contributed by atoms with Crippen molar-refractivity contribution in [2.75, 3.05) is 13.2 Å². The Morgan fingerprint density at radius 2 is 2.05 bits per heavy atom. The van der Waals surface area contributed by atoms with Gasteiger partial charge in [-0.25, -0.2) is 0 Å². The molecule has 0 radical (unpaired) electrons. The normalized spacial score (nSPS) is 23.3. The molecule has 21 heavy (non-hydrogen) atoms. The zero-order chi connectivity index (χ0) is 14.5. The highest BCUT2D eigenvalue weighted by Gasteiger charge is 2.42. The number of nitrogens with one attached hydrogen (secondary N) is 1. The molecule has 1 aliphatic carbocycles. The zero-order valence-electron chi connectivity index (χ0n) is 12.3. The summed E-state index contributed by atoms with van der Waals surface area (Å²) in [5, 5.41) is 3.07. The van der Waals surface area contributed by atoms with Gasteiger partial charge in [0.15, 0.2) is 0 Å². The van der Waals surface area contributed by atoms with E-state index in [2.05, 4.69) is 5.32 Å². The largest absolute Gasteiger partial charge is 0.493 e. The Morgan fingerprint density at radius 3 is 2.81 bits per heavy atom. The lowest BCUT2D eigenvalue weighted by Gasteiger charge is -2.21. The van der Waals surface area contributed by atoms with Gasteiger partial charge in [0.2, 0.25) is 5.91 Å². The van der Waals surface area contributed by atoms with E-state index in [0.29, 0.717) is 19.6 Å². The Labute approximate surface area is 125 Å². The predicted molar refractivity (Wildman–Crippen MR) is 80.3 cm³/mol. The Balaban J connectivity index is 1.37. The lowest BCUT2D eigenvalue weighted by molar-refractivity contribution is -0.122. The lowest BCUT2D eigenvalue weighted by atomic mass is 9.96. The van der Waals surface area contributed by atoms with Gasteiger partial charge in [0.1, 0.15) is 5.75 Å². The number of benzene rings is 1. The average Bonchev–Trinajstić information content (AvgIpc) is 3.11. The van der Waals surface area contributed by atoms with E-state index in [1.54, 1.807) is 0 Å². The van der Waals surface area contributed by atoms with Crippen molar-refractivity contribution >= 4 is 5.91 Å². The number of rotatable bonds is 5. The van der Waals surface area contributed by atoms with Gasteiger partial charge in [-0.05, 0) is 31.4 Å². The van der Waals surface area contributed by atoms with Crippen LogP contribution in [0.15, 0.2) is 30.3 Å². The molecule has 3 rings (SSSR count). The predicted octanol–water partition coefficient (Wildman–Crippen LogP) is 2.67. The first-order valence-electron chi connectivity index (χ1n) is 7.87. The van der Waals surface area contributed by atoms with E-state index >= 15 is 0 Å². The molecule has 1 atom stereocenters. The summed E-state index contributed by atoms with van der Waals surface area (Å²) >= 11 is 0. The quantitative estimate of drug-likeness (QED) is 0.906. The molecule has 1 saturated carbocycles. The molecule has 114 valence electrons. The summed E-state index contributed by atoms with van der Waals surface area (Å²) in [7, 11) is 0. The van der Waals surface area contributed by atoms with Crippen LogP contribution in [0.2, 0.25) is 0 Å². The molecule has 1 spiro atoms. The fourth-order valence-electron chi connectivity index (χ4n) is 3.38. The van der Waals surface area contributed by atoms with Crippen LogP contribution >= 0.6 is 0 Å². The fourth-order valence-corrected chi connectivity index (χ4v) is 3.38. The van der Waals surface area contributed by atoms with E-state index in [1.807, 2.05) is 30.3 Å². The summed E-state index contributed by atoms with van der Waals surface area (Å²) in [4.78, 5) is 11.9. The molecular weight excluding hydrogens is 266 g/mol. The van der Waals surface area contributed by atoms with Crippen molar-refractivity contribution in [3.63, 3.8) is 0 Å². The van der Waals surface area contributed by atoms with Gasteiger partial charge in [-0.15, -0.1) is 0 Å². The van der Waals surface area contributed by atoms with Crippen molar-refractivity contribution in [1.82, 2.24) is 5.32 Å². The maximum atomic E-state index is 11.9. The molecule has 1 heterocycles. The van der Waals surface area contributed by atoms with Gasteiger partial charge in [0.05, 0.1) is 31.3 Å². The van der Waals surface area contributed by atoms with Crippen LogP contribution in [0.4, 0.5) is 0 Å². The third-order valence-corrected chi connectivity index (χ3v) is 4.43. The van der Waals surface area contributed by atoms with E-state index < -0.39 is 0 Å². The van der Waals surface area contributed by atoms with Gasteiger partial charge in [-0.3, -0.25) is 4.79 Å². The second-order valence-corrected chi connectivity index (χ2v) is 6.08. The highest BCUT2D eigenvalue weighted by molar-refractivity contribution is 5.76. The van der Waals surface area contributed by atoms with E-state index in [9.17, 15) is 4.79 Å². The highest BCUT2D eigenvalue weighted by Crippen LogP contribution is 2.40. The Morgan fingerprint density at radius 1 is 1.29 bits per heavy atom. The molecule has 2 aliphatic rings. The number of carbonyl (C=O) groups is 1. The first kappa shape index (κ1) is 14.4. The number of para-hydroxylation sites is 1. The van der Waals surface area contributed by atoms with Gasteiger partial charge in [-0.2, -0.15) is 0 Å². The summed E-state index contributed by atoms with van der Waals surface area (Å²) < 4.78 is 11.5.